The fourth-order valence-corrected chi connectivity index (χ4v) is 5.42. The average Bonchev–Trinajstić information content (AvgIpc) is 3.61. The van der Waals surface area contributed by atoms with Gasteiger partial charge < -0.3 is 23.6 Å². The molecule has 1 aromatic heterocycles. The molecule has 1 fully saturated rings. The third-order valence-electron chi connectivity index (χ3n) is 5.98. The molecule has 2 aromatic carbocycles. The van der Waals surface area contributed by atoms with Crippen LogP contribution in [0, 0.1) is 0 Å². The molecular weight excluding hydrogens is 529 g/mol. The minimum atomic E-state index is -4.60. The van der Waals surface area contributed by atoms with Gasteiger partial charge in [0.1, 0.15) is 18.1 Å². The highest BCUT2D eigenvalue weighted by Gasteiger charge is 2.48. The molecule has 2 heterocycles. The molecule has 13 heteroatoms. The molecule has 4 rings (SSSR count). The Morgan fingerprint density at radius 3 is 2.41 bits per heavy atom. The van der Waals surface area contributed by atoms with Crippen molar-refractivity contribution in [1.82, 2.24) is 14.5 Å². The zero-order valence-electron chi connectivity index (χ0n) is 21.4. The molecule has 3 aromatic rings. The van der Waals surface area contributed by atoms with E-state index in [1.54, 1.807) is 18.2 Å². The third kappa shape index (κ3) is 6.23. The highest BCUT2D eigenvalue weighted by atomic mass is 31.2. The second-order valence-corrected chi connectivity index (χ2v) is 10.9. The first-order chi connectivity index (χ1) is 18.7. The van der Waals surface area contributed by atoms with Gasteiger partial charge in [0.15, 0.2) is 5.76 Å². The Morgan fingerprint density at radius 1 is 1.10 bits per heavy atom. The number of hydrogen-bond donors (Lipinski definition) is 1. The summed E-state index contributed by atoms with van der Waals surface area (Å²) in [6.07, 6.45) is 0.583. The summed E-state index contributed by atoms with van der Waals surface area (Å²) >= 11 is 0. The first-order valence-electron chi connectivity index (χ1n) is 12.3. The van der Waals surface area contributed by atoms with Crippen molar-refractivity contribution in [1.29, 1.82) is 0 Å². The van der Waals surface area contributed by atoms with Crippen LogP contribution in [-0.2, 0) is 13.8 Å². The third-order valence-corrected chi connectivity index (χ3v) is 8.29. The number of carboxylic acid groups (broad SMARTS) is 1. The van der Waals surface area contributed by atoms with Crippen molar-refractivity contribution in [3.8, 4) is 28.3 Å². The minimum absolute atomic E-state index is 0.0106. The molecule has 1 N–H and O–H groups in total. The van der Waals surface area contributed by atoms with Crippen molar-refractivity contribution in [2.45, 2.75) is 26.2 Å². The van der Waals surface area contributed by atoms with Gasteiger partial charge >= 0.3 is 25.8 Å². The molecule has 39 heavy (non-hydrogen) atoms. The molecule has 1 saturated heterocycles. The minimum Gasteiger partial charge on any atom is -0.494 e. The van der Waals surface area contributed by atoms with E-state index < -0.39 is 25.8 Å². The summed E-state index contributed by atoms with van der Waals surface area (Å²) < 4.78 is 35.3. The molecule has 2 amide bonds. The van der Waals surface area contributed by atoms with Crippen LogP contribution in [0.15, 0.2) is 59.1 Å². The van der Waals surface area contributed by atoms with E-state index in [-0.39, 0.29) is 18.7 Å². The van der Waals surface area contributed by atoms with E-state index in [4.69, 9.17) is 18.5 Å². The number of ether oxygens (including phenoxy) is 2. The number of hydrogen-bond acceptors (Lipinski definition) is 9. The zero-order valence-corrected chi connectivity index (χ0v) is 22.3. The molecule has 1 atom stereocenters. The normalized spacial score (nSPS) is 14.4. The highest BCUT2D eigenvalue weighted by molar-refractivity contribution is 7.56. The fraction of sp³-hybridized carbons (Fsp3) is 0.308. The smallest absolute Gasteiger partial charge is 0.461 e. The molecule has 0 bridgehead atoms. The van der Waals surface area contributed by atoms with Crippen molar-refractivity contribution in [3.63, 3.8) is 0 Å². The van der Waals surface area contributed by atoms with E-state index in [1.807, 2.05) is 24.3 Å². The van der Waals surface area contributed by atoms with Gasteiger partial charge in [-0.2, -0.15) is 0 Å². The predicted octanol–water partition coefficient (Wildman–Crippen LogP) is 5.90. The number of carbonyl (C=O) groups excluding carboxylic acids is 2. The van der Waals surface area contributed by atoms with E-state index >= 15 is 0 Å². The number of nitrogens with zero attached hydrogens (tertiary/aromatic N) is 3. The molecule has 1 aliphatic rings. The maximum Gasteiger partial charge on any atom is 0.461 e. The first-order valence-corrected chi connectivity index (χ1v) is 13.8. The van der Waals surface area contributed by atoms with Gasteiger partial charge in [0.05, 0.1) is 18.7 Å². The lowest BCUT2D eigenvalue weighted by atomic mass is 10.1. The van der Waals surface area contributed by atoms with Gasteiger partial charge in [-0.3, -0.25) is 0 Å². The zero-order chi connectivity index (χ0) is 28.0. The monoisotopic (exact) mass is 557 g/mol. The molecule has 0 saturated carbocycles. The summed E-state index contributed by atoms with van der Waals surface area (Å²) in [5.41, 5.74) is 1.95. The molecular formula is C26H28N3O9P. The molecule has 0 spiro atoms. The van der Waals surface area contributed by atoms with Crippen LogP contribution in [0.5, 0.6) is 5.75 Å². The Hall–Kier alpha value is -4.31. The van der Waals surface area contributed by atoms with Crippen LogP contribution in [0.4, 0.5) is 9.59 Å². The van der Waals surface area contributed by atoms with Crippen LogP contribution < -0.4 is 4.74 Å². The van der Waals surface area contributed by atoms with Crippen LogP contribution >= 0.6 is 7.67 Å². The van der Waals surface area contributed by atoms with Gasteiger partial charge in [-0.05, 0) is 42.8 Å². The van der Waals surface area contributed by atoms with Gasteiger partial charge in [-0.25, -0.2) is 28.3 Å². The van der Waals surface area contributed by atoms with Crippen molar-refractivity contribution in [2.75, 3.05) is 26.8 Å². The number of amides is 2. The fourth-order valence-electron chi connectivity index (χ4n) is 3.74. The SMILES string of the molecule is CCCCCOc1ccc(-c2cc(-c3ccc(C(=O)OP(=O)(N(C)C(=O)O)N4CCOC4=O)cc3)no2)cc1. The van der Waals surface area contributed by atoms with Crippen molar-refractivity contribution in [2.24, 2.45) is 0 Å². The maximum absolute atomic E-state index is 13.4. The average molecular weight is 557 g/mol. The number of carbonyl (C=O) groups is 3. The van der Waals surface area contributed by atoms with Crippen molar-refractivity contribution >= 4 is 25.8 Å². The Bertz CT molecular complexity index is 1370. The first kappa shape index (κ1) is 27.7. The lowest BCUT2D eigenvalue weighted by molar-refractivity contribution is 0.0706. The van der Waals surface area contributed by atoms with Crippen LogP contribution in [0.25, 0.3) is 22.6 Å². The Balaban J connectivity index is 1.44. The van der Waals surface area contributed by atoms with Gasteiger partial charge in [0.2, 0.25) is 0 Å². The highest BCUT2D eigenvalue weighted by Crippen LogP contribution is 2.55. The van der Waals surface area contributed by atoms with Gasteiger partial charge in [-0.15, -0.1) is 0 Å². The van der Waals surface area contributed by atoms with Crippen molar-refractivity contribution < 1.29 is 42.6 Å². The Morgan fingerprint density at radius 2 is 1.79 bits per heavy atom. The van der Waals surface area contributed by atoms with E-state index in [1.165, 1.54) is 12.1 Å². The number of rotatable bonds is 11. The van der Waals surface area contributed by atoms with E-state index in [0.717, 1.165) is 37.6 Å². The Labute approximate surface area is 224 Å². The number of cyclic esters (lactones) is 1. The second kappa shape index (κ2) is 12.0. The quantitative estimate of drug-likeness (QED) is 0.223. The van der Waals surface area contributed by atoms with Gasteiger partial charge in [-0.1, -0.05) is 37.1 Å². The largest absolute Gasteiger partial charge is 0.494 e. The van der Waals surface area contributed by atoms with Gasteiger partial charge in [0.25, 0.3) is 0 Å². The summed E-state index contributed by atoms with van der Waals surface area (Å²) in [7, 11) is -3.65. The van der Waals surface area contributed by atoms with E-state index in [2.05, 4.69) is 12.1 Å². The topological polar surface area (TPSA) is 149 Å². The summed E-state index contributed by atoms with van der Waals surface area (Å²) in [4.78, 5) is 36.2. The molecule has 0 aliphatic carbocycles. The summed E-state index contributed by atoms with van der Waals surface area (Å²) in [6.45, 7) is 2.51. The standard InChI is InChI=1S/C26H28N3O9P/c1-3-4-5-15-35-21-12-10-19(11-13-21)23-17-22(27-37-23)18-6-8-20(9-7-18)24(30)38-39(34,28(2)25(31)32)29-14-16-36-26(29)33/h6-13,17H,3-5,14-16H2,1-2H3,(H,31,32). The number of unbranched alkanes of at least 4 members (excludes halogenated alkanes) is 2. The van der Waals surface area contributed by atoms with Crippen LogP contribution in [0.2, 0.25) is 0 Å². The number of aromatic nitrogens is 1. The number of benzene rings is 2. The Kier molecular flexibility index (Phi) is 8.55. The molecule has 12 nitrogen and oxygen atoms in total. The van der Waals surface area contributed by atoms with Crippen LogP contribution in [-0.4, -0.2) is 64.6 Å². The van der Waals surface area contributed by atoms with Crippen molar-refractivity contribution in [3.05, 3.63) is 60.2 Å². The van der Waals surface area contributed by atoms with E-state index in [0.29, 0.717) is 33.0 Å². The summed E-state index contributed by atoms with van der Waals surface area (Å²) in [6, 6.07) is 15.2. The molecule has 206 valence electrons. The maximum atomic E-state index is 13.4. The van der Waals surface area contributed by atoms with Crippen LogP contribution in [0.1, 0.15) is 36.5 Å². The molecule has 0 radical (unpaired) electrons. The summed E-state index contributed by atoms with van der Waals surface area (Å²) in [5.74, 6) is 0.245. The molecule has 1 aliphatic heterocycles. The summed E-state index contributed by atoms with van der Waals surface area (Å²) in [5, 5.41) is 13.4. The van der Waals surface area contributed by atoms with Gasteiger partial charge in [0, 0.05) is 24.2 Å². The predicted molar refractivity (Wildman–Crippen MR) is 139 cm³/mol. The molecule has 1 unspecified atom stereocenters. The lowest BCUT2D eigenvalue weighted by Gasteiger charge is -2.29. The second-order valence-electron chi connectivity index (χ2n) is 8.65. The van der Waals surface area contributed by atoms with E-state index in [9.17, 15) is 24.1 Å². The van der Waals surface area contributed by atoms with Crippen LogP contribution in [0.3, 0.4) is 0 Å². The lowest BCUT2D eigenvalue weighted by Crippen LogP contribution is -2.35.